The van der Waals surface area contributed by atoms with Crippen molar-refractivity contribution < 1.29 is 49.6 Å². The lowest BCUT2D eigenvalue weighted by molar-refractivity contribution is -0.290. The fraction of sp³-hybridized carbons (Fsp3) is 0.923. The van der Waals surface area contributed by atoms with E-state index in [9.17, 15) is 35.4 Å². The molecule has 11 heteroatoms. The summed E-state index contributed by atoms with van der Waals surface area (Å²) in [5.41, 5.74) is 0. The van der Waals surface area contributed by atoms with Crippen molar-refractivity contribution in [3.8, 4) is 0 Å². The molecule has 2 rings (SSSR count). The zero-order chi connectivity index (χ0) is 18.0. The Morgan fingerprint density at radius 3 is 2.17 bits per heavy atom. The number of amides is 1. The average molecular weight is 353 g/mol. The highest BCUT2D eigenvalue weighted by Gasteiger charge is 2.50. The van der Waals surface area contributed by atoms with E-state index in [1.54, 1.807) is 0 Å². The molecule has 140 valence electrons. The first kappa shape index (κ1) is 19.4. The third-order valence-corrected chi connectivity index (χ3v) is 4.03. The molecule has 24 heavy (non-hydrogen) atoms. The lowest BCUT2D eigenvalue weighted by Crippen LogP contribution is -2.65. The molecule has 0 radical (unpaired) electrons. The van der Waals surface area contributed by atoms with Crippen molar-refractivity contribution in [3.63, 3.8) is 0 Å². The lowest BCUT2D eigenvalue weighted by atomic mass is 9.96. The van der Waals surface area contributed by atoms with E-state index < -0.39 is 74.4 Å². The van der Waals surface area contributed by atoms with Gasteiger partial charge in [-0.25, -0.2) is 0 Å². The molecule has 2 fully saturated rings. The van der Waals surface area contributed by atoms with Crippen molar-refractivity contribution in [2.24, 2.45) is 0 Å². The maximum absolute atomic E-state index is 11.3. The second-order valence-electron chi connectivity index (χ2n) is 5.77. The summed E-state index contributed by atoms with van der Waals surface area (Å²) in [5.74, 6) is -0.534. The Morgan fingerprint density at radius 2 is 1.62 bits per heavy atom. The molecule has 7 N–H and O–H groups in total. The van der Waals surface area contributed by atoms with Gasteiger partial charge in [0.1, 0.15) is 42.7 Å². The first-order valence-electron chi connectivity index (χ1n) is 7.47. The monoisotopic (exact) mass is 353 g/mol. The normalized spacial score (nSPS) is 46.0. The summed E-state index contributed by atoms with van der Waals surface area (Å²) in [4.78, 5) is 11.3. The Morgan fingerprint density at radius 1 is 1.00 bits per heavy atom. The van der Waals surface area contributed by atoms with Crippen LogP contribution in [0.1, 0.15) is 6.92 Å². The fourth-order valence-electron chi connectivity index (χ4n) is 2.78. The fourth-order valence-corrected chi connectivity index (χ4v) is 2.78. The summed E-state index contributed by atoms with van der Waals surface area (Å²) in [6.07, 6.45) is -10.9. The summed E-state index contributed by atoms with van der Waals surface area (Å²) in [6.45, 7) is -0.00628. The van der Waals surface area contributed by atoms with Crippen LogP contribution in [0, 0.1) is 0 Å². The van der Waals surface area contributed by atoms with E-state index in [0.29, 0.717) is 0 Å². The molecule has 0 bridgehead atoms. The number of ether oxygens (including phenoxy) is 3. The molecule has 0 spiro atoms. The van der Waals surface area contributed by atoms with Crippen molar-refractivity contribution in [1.82, 2.24) is 5.32 Å². The Hall–Kier alpha value is -0.890. The van der Waals surface area contributed by atoms with Gasteiger partial charge in [-0.1, -0.05) is 0 Å². The van der Waals surface area contributed by atoms with Gasteiger partial charge >= 0.3 is 0 Å². The van der Waals surface area contributed by atoms with Crippen LogP contribution in [-0.2, 0) is 19.0 Å². The number of aliphatic hydroxyl groups is 6. The van der Waals surface area contributed by atoms with Gasteiger partial charge in [-0.2, -0.15) is 0 Å². The number of carbonyl (C=O) groups is 1. The molecular formula is C13H23NO10. The average Bonchev–Trinajstić information content (AvgIpc) is 2.81. The van der Waals surface area contributed by atoms with Crippen LogP contribution in [-0.4, -0.2) is 105 Å². The van der Waals surface area contributed by atoms with Crippen molar-refractivity contribution in [2.45, 2.75) is 62.2 Å². The Labute approximate surface area is 137 Å². The minimum Gasteiger partial charge on any atom is -0.394 e. The Balaban J connectivity index is 2.18. The van der Waals surface area contributed by atoms with Gasteiger partial charge in [0, 0.05) is 6.92 Å². The topological polar surface area (TPSA) is 178 Å². The zero-order valence-electron chi connectivity index (χ0n) is 12.9. The summed E-state index contributed by atoms with van der Waals surface area (Å²) in [5, 5.41) is 60.2. The molecule has 0 saturated carbocycles. The predicted molar refractivity (Wildman–Crippen MR) is 74.2 cm³/mol. The maximum Gasteiger partial charge on any atom is 0.217 e. The van der Waals surface area contributed by atoms with E-state index in [1.165, 1.54) is 6.92 Å². The van der Waals surface area contributed by atoms with Gasteiger partial charge in [0.25, 0.3) is 0 Å². The molecule has 2 saturated heterocycles. The minimum absolute atomic E-state index is 0.534. The van der Waals surface area contributed by atoms with E-state index in [-0.39, 0.29) is 0 Å². The van der Waals surface area contributed by atoms with E-state index in [4.69, 9.17) is 14.2 Å². The molecule has 0 aromatic rings. The Bertz CT molecular complexity index is 437. The van der Waals surface area contributed by atoms with E-state index >= 15 is 0 Å². The molecule has 0 aromatic heterocycles. The van der Waals surface area contributed by atoms with Crippen molar-refractivity contribution in [2.75, 3.05) is 13.2 Å². The van der Waals surface area contributed by atoms with Gasteiger partial charge in [-0.05, 0) is 0 Å². The highest BCUT2D eigenvalue weighted by atomic mass is 16.7. The van der Waals surface area contributed by atoms with Crippen LogP contribution in [0.15, 0.2) is 0 Å². The van der Waals surface area contributed by atoms with Crippen LogP contribution in [0.4, 0.5) is 0 Å². The van der Waals surface area contributed by atoms with Crippen molar-refractivity contribution >= 4 is 5.91 Å². The summed E-state index contributed by atoms with van der Waals surface area (Å²) >= 11 is 0. The second-order valence-corrected chi connectivity index (χ2v) is 5.77. The van der Waals surface area contributed by atoms with Gasteiger partial charge in [-0.15, -0.1) is 0 Å². The quantitative estimate of drug-likeness (QED) is 0.254. The second kappa shape index (κ2) is 7.99. The van der Waals surface area contributed by atoms with Crippen LogP contribution in [0.25, 0.3) is 0 Å². The first-order chi connectivity index (χ1) is 11.3. The highest BCUT2D eigenvalue weighted by Crippen LogP contribution is 2.28. The summed E-state index contributed by atoms with van der Waals surface area (Å²) in [7, 11) is 0. The smallest absolute Gasteiger partial charge is 0.217 e. The summed E-state index contributed by atoms with van der Waals surface area (Å²) in [6, 6.07) is -1.20. The van der Waals surface area contributed by atoms with Crippen LogP contribution in [0.3, 0.4) is 0 Å². The molecule has 1 amide bonds. The van der Waals surface area contributed by atoms with Gasteiger partial charge < -0.3 is 50.2 Å². The number of nitrogens with one attached hydrogen (secondary N) is 1. The van der Waals surface area contributed by atoms with E-state index in [0.717, 1.165) is 0 Å². The predicted octanol–water partition coefficient (Wildman–Crippen LogP) is -4.61. The maximum atomic E-state index is 11.3. The SMILES string of the molecule is CC(=O)N[C@H]1[C@@H](O[C@H]2[C@@H](O)[C@H](O)O[C@@H]2CO)O[C@H](CO)[C@@H](O)[C@@H]1O. The zero-order valence-corrected chi connectivity index (χ0v) is 12.9. The summed E-state index contributed by atoms with van der Waals surface area (Å²) < 4.78 is 15.8. The third kappa shape index (κ3) is 3.85. The van der Waals surface area contributed by atoms with E-state index in [2.05, 4.69) is 5.32 Å². The molecule has 2 heterocycles. The first-order valence-corrected chi connectivity index (χ1v) is 7.47. The van der Waals surface area contributed by atoms with Crippen LogP contribution in [0.5, 0.6) is 0 Å². The Kier molecular flexibility index (Phi) is 6.47. The van der Waals surface area contributed by atoms with Gasteiger partial charge in [0.05, 0.1) is 13.2 Å². The van der Waals surface area contributed by atoms with E-state index in [1.807, 2.05) is 0 Å². The van der Waals surface area contributed by atoms with Crippen molar-refractivity contribution in [3.05, 3.63) is 0 Å². The number of hydrogen-bond donors (Lipinski definition) is 7. The van der Waals surface area contributed by atoms with Gasteiger partial charge in [-0.3, -0.25) is 4.79 Å². The van der Waals surface area contributed by atoms with Crippen molar-refractivity contribution in [1.29, 1.82) is 0 Å². The molecular weight excluding hydrogens is 330 g/mol. The molecule has 11 nitrogen and oxygen atoms in total. The lowest BCUT2D eigenvalue weighted by Gasteiger charge is -2.43. The number of rotatable bonds is 5. The van der Waals surface area contributed by atoms with Crippen LogP contribution >= 0.6 is 0 Å². The standard InChI is InChI=1S/C13H23NO10/c1-4(17)14-7-9(19)8(18)5(2-15)23-13(7)24-11-6(3-16)22-12(21)10(11)20/h5-13,15-16,18-21H,2-3H2,1H3,(H,14,17)/t5-,6-,7-,8-,9-,10-,11-,12-,13-/m1/s1. The highest BCUT2D eigenvalue weighted by molar-refractivity contribution is 5.73. The van der Waals surface area contributed by atoms with Crippen LogP contribution in [0.2, 0.25) is 0 Å². The van der Waals surface area contributed by atoms with Gasteiger partial charge in [0.15, 0.2) is 12.6 Å². The molecule has 2 aliphatic rings. The number of aliphatic hydroxyl groups excluding tert-OH is 6. The largest absolute Gasteiger partial charge is 0.394 e. The number of hydrogen-bond acceptors (Lipinski definition) is 10. The number of carbonyl (C=O) groups excluding carboxylic acids is 1. The molecule has 0 aliphatic carbocycles. The minimum atomic E-state index is -1.58. The molecule has 0 aromatic carbocycles. The molecule has 2 aliphatic heterocycles. The van der Waals surface area contributed by atoms with Gasteiger partial charge in [0.2, 0.25) is 5.91 Å². The third-order valence-electron chi connectivity index (χ3n) is 4.03. The van der Waals surface area contributed by atoms with Crippen LogP contribution < -0.4 is 5.32 Å². The molecule has 9 atom stereocenters. The molecule has 0 unspecified atom stereocenters.